The second kappa shape index (κ2) is 5.45. The number of fused-ring (bicyclic) bond motifs is 3. The molecule has 118 valence electrons. The van der Waals surface area contributed by atoms with E-state index in [9.17, 15) is 4.79 Å². The largest absolute Gasteiger partial charge is 0.347 e. The quantitative estimate of drug-likeness (QED) is 0.804. The van der Waals surface area contributed by atoms with Crippen LogP contribution in [0.2, 0.25) is 5.02 Å². The lowest BCUT2D eigenvalue weighted by molar-refractivity contribution is -0.123. The third-order valence-electron chi connectivity index (χ3n) is 4.65. The molecule has 1 fully saturated rings. The van der Waals surface area contributed by atoms with Crippen LogP contribution in [0.25, 0.3) is 0 Å². The summed E-state index contributed by atoms with van der Waals surface area (Å²) in [4.78, 5) is 14.6. The van der Waals surface area contributed by atoms with Crippen LogP contribution in [0.5, 0.6) is 0 Å². The Balaban J connectivity index is 2.02. The third-order valence-corrected chi connectivity index (χ3v) is 4.89. The number of nitrogens with zero attached hydrogens (tertiary/aromatic N) is 1. The molecule has 4 heteroatoms. The summed E-state index contributed by atoms with van der Waals surface area (Å²) in [7, 11) is 0. The SMILES string of the molecule is CC1CN2CC(=O)Cc3ccc(Cl)cc3C2(c2ccccc2)O1. The van der Waals surface area contributed by atoms with Gasteiger partial charge in [0.1, 0.15) is 0 Å². The number of hydrogen-bond acceptors (Lipinski definition) is 3. The van der Waals surface area contributed by atoms with Gasteiger partial charge in [0.2, 0.25) is 0 Å². The molecule has 23 heavy (non-hydrogen) atoms. The van der Waals surface area contributed by atoms with Crippen molar-refractivity contribution in [1.29, 1.82) is 0 Å². The molecule has 4 rings (SSSR count). The molecular weight excluding hydrogens is 310 g/mol. The summed E-state index contributed by atoms with van der Waals surface area (Å²) in [6.45, 7) is 3.17. The van der Waals surface area contributed by atoms with E-state index in [1.807, 2.05) is 43.3 Å². The van der Waals surface area contributed by atoms with E-state index in [1.165, 1.54) is 0 Å². The van der Waals surface area contributed by atoms with Gasteiger partial charge in [-0.2, -0.15) is 0 Å². The van der Waals surface area contributed by atoms with E-state index in [0.717, 1.165) is 23.2 Å². The number of ketones is 1. The fourth-order valence-corrected chi connectivity index (χ4v) is 3.99. The molecule has 0 radical (unpaired) electrons. The minimum atomic E-state index is -0.729. The van der Waals surface area contributed by atoms with Gasteiger partial charge in [0.05, 0.1) is 12.6 Å². The Hall–Kier alpha value is -1.68. The van der Waals surface area contributed by atoms with E-state index >= 15 is 0 Å². The maximum atomic E-state index is 12.4. The van der Waals surface area contributed by atoms with Crippen LogP contribution in [0.15, 0.2) is 48.5 Å². The smallest absolute Gasteiger partial charge is 0.175 e. The fourth-order valence-electron chi connectivity index (χ4n) is 3.82. The Labute approximate surface area is 140 Å². The minimum absolute atomic E-state index is 0.0490. The number of benzene rings is 2. The number of ether oxygens (including phenoxy) is 1. The molecule has 2 heterocycles. The van der Waals surface area contributed by atoms with Crippen LogP contribution in [-0.4, -0.2) is 29.9 Å². The predicted octanol–water partition coefficient (Wildman–Crippen LogP) is 3.39. The zero-order valence-corrected chi connectivity index (χ0v) is 13.7. The van der Waals surface area contributed by atoms with Crippen molar-refractivity contribution in [3.05, 3.63) is 70.2 Å². The number of rotatable bonds is 1. The molecule has 0 N–H and O–H groups in total. The van der Waals surface area contributed by atoms with Gasteiger partial charge in [0.15, 0.2) is 11.5 Å². The van der Waals surface area contributed by atoms with Crippen molar-refractivity contribution in [2.75, 3.05) is 13.1 Å². The molecule has 2 aliphatic rings. The van der Waals surface area contributed by atoms with Gasteiger partial charge in [0, 0.05) is 29.1 Å². The summed E-state index contributed by atoms with van der Waals surface area (Å²) in [5.74, 6) is 0.212. The Morgan fingerprint density at radius 1 is 1.22 bits per heavy atom. The van der Waals surface area contributed by atoms with Crippen LogP contribution in [0.1, 0.15) is 23.6 Å². The Kier molecular flexibility index (Phi) is 3.52. The molecule has 1 saturated heterocycles. The summed E-state index contributed by atoms with van der Waals surface area (Å²) < 4.78 is 6.46. The Morgan fingerprint density at radius 3 is 2.78 bits per heavy atom. The molecular formula is C19H18ClNO2. The van der Waals surface area contributed by atoms with E-state index in [4.69, 9.17) is 16.3 Å². The van der Waals surface area contributed by atoms with Gasteiger partial charge in [-0.1, -0.05) is 48.0 Å². The third kappa shape index (κ3) is 2.31. The van der Waals surface area contributed by atoms with Gasteiger partial charge in [-0.25, -0.2) is 0 Å². The molecule has 0 aromatic heterocycles. The van der Waals surface area contributed by atoms with Crippen molar-refractivity contribution in [1.82, 2.24) is 4.90 Å². The van der Waals surface area contributed by atoms with Crippen molar-refractivity contribution in [3.63, 3.8) is 0 Å². The predicted molar refractivity (Wildman–Crippen MR) is 89.5 cm³/mol. The summed E-state index contributed by atoms with van der Waals surface area (Å²) >= 11 is 6.28. The molecule has 2 aliphatic heterocycles. The van der Waals surface area contributed by atoms with Crippen LogP contribution in [0.4, 0.5) is 0 Å². The molecule has 2 unspecified atom stereocenters. The van der Waals surface area contributed by atoms with E-state index in [2.05, 4.69) is 17.0 Å². The van der Waals surface area contributed by atoms with E-state index in [1.54, 1.807) is 0 Å². The first-order valence-corrected chi connectivity index (χ1v) is 8.26. The lowest BCUT2D eigenvalue weighted by atomic mass is 9.89. The topological polar surface area (TPSA) is 29.5 Å². The van der Waals surface area contributed by atoms with Crippen LogP contribution < -0.4 is 0 Å². The first kappa shape index (κ1) is 14.9. The summed E-state index contributed by atoms with van der Waals surface area (Å²) in [5, 5.41) is 0.663. The summed E-state index contributed by atoms with van der Waals surface area (Å²) in [5.41, 5.74) is 2.31. The van der Waals surface area contributed by atoms with Crippen LogP contribution >= 0.6 is 11.6 Å². The second-order valence-electron chi connectivity index (χ2n) is 6.34. The van der Waals surface area contributed by atoms with Crippen molar-refractivity contribution in [2.24, 2.45) is 0 Å². The van der Waals surface area contributed by atoms with Gasteiger partial charge in [-0.05, 0) is 24.6 Å². The number of halogens is 1. The number of carbonyl (C=O) groups excluding carboxylic acids is 1. The molecule has 0 bridgehead atoms. The van der Waals surface area contributed by atoms with E-state index in [0.29, 0.717) is 18.0 Å². The second-order valence-corrected chi connectivity index (χ2v) is 6.77. The maximum absolute atomic E-state index is 12.4. The molecule has 2 atom stereocenters. The highest BCUT2D eigenvalue weighted by atomic mass is 35.5. The lowest BCUT2D eigenvalue weighted by Crippen LogP contribution is -2.44. The van der Waals surface area contributed by atoms with Crippen molar-refractivity contribution in [3.8, 4) is 0 Å². The molecule has 0 spiro atoms. The van der Waals surface area contributed by atoms with Gasteiger partial charge >= 0.3 is 0 Å². The fraction of sp³-hybridized carbons (Fsp3) is 0.316. The first-order valence-electron chi connectivity index (χ1n) is 7.88. The molecule has 0 aliphatic carbocycles. The number of carbonyl (C=O) groups is 1. The number of hydrogen-bond donors (Lipinski definition) is 0. The standard InChI is InChI=1S/C19H18ClNO2/c1-13-11-21-12-17(22)9-14-7-8-16(20)10-18(14)19(21,23-13)15-5-3-2-4-6-15/h2-8,10,13H,9,11-12H2,1H3. The lowest BCUT2D eigenvalue weighted by Gasteiger charge is -2.37. The molecule has 3 nitrogen and oxygen atoms in total. The Morgan fingerprint density at radius 2 is 2.00 bits per heavy atom. The number of Topliss-reactive ketones (excluding diaryl/α,β-unsaturated/α-hetero) is 1. The van der Waals surface area contributed by atoms with E-state index in [-0.39, 0.29) is 11.9 Å². The maximum Gasteiger partial charge on any atom is 0.175 e. The first-order chi connectivity index (χ1) is 11.1. The van der Waals surface area contributed by atoms with E-state index < -0.39 is 5.72 Å². The zero-order chi connectivity index (χ0) is 16.0. The van der Waals surface area contributed by atoms with Crippen LogP contribution in [0, 0.1) is 0 Å². The van der Waals surface area contributed by atoms with Crippen LogP contribution in [-0.2, 0) is 21.7 Å². The molecule has 0 amide bonds. The molecule has 2 aromatic carbocycles. The van der Waals surface area contributed by atoms with Crippen molar-refractivity contribution >= 4 is 17.4 Å². The summed E-state index contributed by atoms with van der Waals surface area (Å²) in [6, 6.07) is 15.9. The van der Waals surface area contributed by atoms with Crippen molar-refractivity contribution in [2.45, 2.75) is 25.2 Å². The minimum Gasteiger partial charge on any atom is -0.347 e. The Bertz CT molecular complexity index is 761. The average Bonchev–Trinajstić information content (AvgIpc) is 2.81. The summed E-state index contributed by atoms with van der Waals surface area (Å²) in [6.07, 6.45) is 0.475. The highest BCUT2D eigenvalue weighted by Crippen LogP contribution is 2.46. The molecule has 2 aromatic rings. The monoisotopic (exact) mass is 327 g/mol. The molecule has 0 saturated carbocycles. The van der Waals surface area contributed by atoms with Gasteiger partial charge < -0.3 is 4.74 Å². The van der Waals surface area contributed by atoms with Crippen LogP contribution in [0.3, 0.4) is 0 Å². The van der Waals surface area contributed by atoms with Gasteiger partial charge in [-0.15, -0.1) is 0 Å². The van der Waals surface area contributed by atoms with Crippen molar-refractivity contribution < 1.29 is 9.53 Å². The van der Waals surface area contributed by atoms with Gasteiger partial charge in [0.25, 0.3) is 0 Å². The highest BCUT2D eigenvalue weighted by Gasteiger charge is 2.51. The van der Waals surface area contributed by atoms with Gasteiger partial charge in [-0.3, -0.25) is 9.69 Å². The zero-order valence-electron chi connectivity index (χ0n) is 13.0. The highest BCUT2D eigenvalue weighted by molar-refractivity contribution is 6.30. The average molecular weight is 328 g/mol. The normalized spacial score (nSPS) is 27.4.